The highest BCUT2D eigenvalue weighted by atomic mass is 15.5. The lowest BCUT2D eigenvalue weighted by Crippen LogP contribution is -2.51. The first-order valence-corrected chi connectivity index (χ1v) is 10.1. The lowest BCUT2D eigenvalue weighted by molar-refractivity contribution is 0.289. The topological polar surface area (TPSA) is 55.6 Å². The van der Waals surface area contributed by atoms with Crippen molar-refractivity contribution in [1.82, 2.24) is 25.3 Å². The quantitative estimate of drug-likeness (QED) is 0.570. The lowest BCUT2D eigenvalue weighted by atomic mass is 9.76. The van der Waals surface area contributed by atoms with E-state index < -0.39 is 5.54 Å². The number of hydrogen-bond donors (Lipinski definition) is 1. The summed E-state index contributed by atoms with van der Waals surface area (Å²) < 4.78 is 2.03. The molecule has 1 saturated heterocycles. The van der Waals surface area contributed by atoms with Gasteiger partial charge in [-0.3, -0.25) is 4.98 Å². The van der Waals surface area contributed by atoms with Crippen LogP contribution in [0.2, 0.25) is 0 Å². The second-order valence-corrected chi connectivity index (χ2v) is 7.41. The van der Waals surface area contributed by atoms with Gasteiger partial charge in [-0.15, -0.1) is 5.10 Å². The van der Waals surface area contributed by atoms with Gasteiger partial charge in [0.25, 0.3) is 0 Å². The van der Waals surface area contributed by atoms with Gasteiger partial charge in [-0.1, -0.05) is 71.9 Å². The van der Waals surface area contributed by atoms with Gasteiger partial charge in [0, 0.05) is 12.2 Å². The summed E-state index contributed by atoms with van der Waals surface area (Å²) in [6.07, 6.45) is 6.04. The van der Waals surface area contributed by atoms with E-state index >= 15 is 0 Å². The van der Waals surface area contributed by atoms with Crippen molar-refractivity contribution in [2.24, 2.45) is 0 Å². The van der Waals surface area contributed by atoms with Gasteiger partial charge in [0.15, 0.2) is 0 Å². The van der Waals surface area contributed by atoms with Crippen molar-refractivity contribution in [1.29, 1.82) is 0 Å². The maximum Gasteiger partial charge on any atom is 0.131 e. The second kappa shape index (κ2) is 7.60. The largest absolute Gasteiger partial charge is 0.311 e. The number of nitrogens with zero attached hydrogens (tertiary/aromatic N) is 4. The number of aromatic nitrogens is 4. The predicted molar refractivity (Wildman–Crippen MR) is 113 cm³/mol. The van der Waals surface area contributed by atoms with E-state index in [1.165, 1.54) is 11.1 Å². The molecule has 1 atom stereocenters. The Morgan fingerprint density at radius 2 is 1.52 bits per heavy atom. The molecule has 0 spiro atoms. The van der Waals surface area contributed by atoms with Crippen LogP contribution in [0.3, 0.4) is 0 Å². The molecular weight excluding hydrogens is 358 g/mol. The fourth-order valence-electron chi connectivity index (χ4n) is 4.49. The third-order valence-electron chi connectivity index (χ3n) is 5.77. The van der Waals surface area contributed by atoms with Crippen molar-refractivity contribution < 1.29 is 0 Å². The van der Waals surface area contributed by atoms with Crippen molar-refractivity contribution in [3.63, 3.8) is 0 Å². The van der Waals surface area contributed by atoms with Crippen LogP contribution in [0.1, 0.15) is 24.0 Å². The Bertz CT molecular complexity index is 1010. The van der Waals surface area contributed by atoms with Gasteiger partial charge >= 0.3 is 0 Å². The molecule has 29 heavy (non-hydrogen) atoms. The maximum atomic E-state index is 4.65. The Labute approximate surface area is 170 Å². The Balaban J connectivity index is 1.75. The van der Waals surface area contributed by atoms with Crippen LogP contribution in [0.4, 0.5) is 0 Å². The Hall–Kier alpha value is -3.31. The highest BCUT2D eigenvalue weighted by Gasteiger charge is 2.46. The minimum Gasteiger partial charge on any atom is -0.311 e. The van der Waals surface area contributed by atoms with Crippen LogP contribution < -0.4 is 5.32 Å². The normalized spacial score (nSPS) is 16.8. The molecule has 0 bridgehead atoms. The van der Waals surface area contributed by atoms with E-state index in [1.54, 1.807) is 6.20 Å². The molecule has 1 fully saturated rings. The molecule has 1 aliphatic rings. The zero-order valence-electron chi connectivity index (χ0n) is 16.1. The summed E-state index contributed by atoms with van der Waals surface area (Å²) in [5.74, 6) is 0. The first kappa shape index (κ1) is 17.8. The van der Waals surface area contributed by atoms with Gasteiger partial charge in [0.05, 0.1) is 11.9 Å². The second-order valence-electron chi connectivity index (χ2n) is 7.41. The van der Waals surface area contributed by atoms with Crippen LogP contribution in [-0.2, 0) is 5.54 Å². The maximum absolute atomic E-state index is 4.65. The average molecular weight is 381 g/mol. The SMILES string of the molecule is c1ccc(C(c2ccccc2)([C@@H]2CCCN2)n2cc(-c3ccccn3)nn2)cc1. The molecule has 0 amide bonds. The number of nitrogens with one attached hydrogen (secondary N) is 1. The first-order valence-electron chi connectivity index (χ1n) is 10.1. The average Bonchev–Trinajstić information content (AvgIpc) is 3.50. The molecule has 1 aliphatic heterocycles. The number of rotatable bonds is 5. The minimum atomic E-state index is -0.487. The number of benzene rings is 2. The summed E-state index contributed by atoms with van der Waals surface area (Å²) in [5, 5.41) is 12.9. The molecule has 1 N–H and O–H groups in total. The molecule has 2 aromatic carbocycles. The highest BCUT2D eigenvalue weighted by Crippen LogP contribution is 2.40. The summed E-state index contributed by atoms with van der Waals surface area (Å²) >= 11 is 0. The monoisotopic (exact) mass is 381 g/mol. The molecule has 0 unspecified atom stereocenters. The molecule has 0 aliphatic carbocycles. The van der Waals surface area contributed by atoms with Gasteiger partial charge in [0.2, 0.25) is 0 Å². The predicted octanol–water partition coefficient (Wildman–Crippen LogP) is 3.88. The van der Waals surface area contributed by atoms with Gasteiger partial charge in [-0.25, -0.2) is 4.68 Å². The van der Waals surface area contributed by atoms with Crippen molar-refractivity contribution in [3.05, 3.63) is 102 Å². The lowest BCUT2D eigenvalue weighted by Gasteiger charge is -2.40. The summed E-state index contributed by atoms with van der Waals surface area (Å²) in [6.45, 7) is 1.01. The van der Waals surface area contributed by atoms with E-state index in [1.807, 2.05) is 29.1 Å². The number of pyridine rings is 1. The Morgan fingerprint density at radius 1 is 0.828 bits per heavy atom. The van der Waals surface area contributed by atoms with Crippen LogP contribution in [-0.4, -0.2) is 32.6 Å². The van der Waals surface area contributed by atoms with Gasteiger partial charge in [-0.2, -0.15) is 0 Å². The summed E-state index contributed by atoms with van der Waals surface area (Å²) in [7, 11) is 0. The van der Waals surface area contributed by atoms with Crippen molar-refractivity contribution in [2.45, 2.75) is 24.4 Å². The number of hydrogen-bond acceptors (Lipinski definition) is 4. The molecule has 0 saturated carbocycles. The van der Waals surface area contributed by atoms with Crippen LogP contribution in [0.5, 0.6) is 0 Å². The molecule has 5 heteroatoms. The van der Waals surface area contributed by atoms with E-state index in [-0.39, 0.29) is 6.04 Å². The van der Waals surface area contributed by atoms with Crippen molar-refractivity contribution in [3.8, 4) is 11.4 Å². The third kappa shape index (κ3) is 3.04. The summed E-state index contributed by atoms with van der Waals surface area (Å²) in [4.78, 5) is 4.46. The highest BCUT2D eigenvalue weighted by molar-refractivity contribution is 5.52. The molecule has 5 rings (SSSR count). The third-order valence-corrected chi connectivity index (χ3v) is 5.77. The molecule has 144 valence electrons. The van der Waals surface area contributed by atoms with E-state index in [4.69, 9.17) is 0 Å². The Morgan fingerprint density at radius 3 is 2.10 bits per heavy atom. The van der Waals surface area contributed by atoms with E-state index in [0.29, 0.717) is 0 Å². The van der Waals surface area contributed by atoms with Crippen LogP contribution >= 0.6 is 0 Å². The molecule has 3 heterocycles. The zero-order chi connectivity index (χ0) is 19.5. The fourth-order valence-corrected chi connectivity index (χ4v) is 4.49. The Kier molecular flexibility index (Phi) is 4.66. The molecule has 5 nitrogen and oxygen atoms in total. The fraction of sp³-hybridized carbons (Fsp3) is 0.208. The van der Waals surface area contributed by atoms with Crippen LogP contribution in [0.25, 0.3) is 11.4 Å². The van der Waals surface area contributed by atoms with Gasteiger partial charge < -0.3 is 5.32 Å². The van der Waals surface area contributed by atoms with E-state index in [0.717, 1.165) is 30.8 Å². The van der Waals surface area contributed by atoms with E-state index in [2.05, 4.69) is 81.3 Å². The summed E-state index contributed by atoms with van der Waals surface area (Å²) in [5.41, 5.74) is 3.51. The summed E-state index contributed by atoms with van der Waals surface area (Å²) in [6, 6.07) is 27.3. The first-order chi connectivity index (χ1) is 14.4. The molecular formula is C24H23N5. The molecule has 0 radical (unpaired) electrons. The minimum absolute atomic E-state index is 0.214. The molecule has 2 aromatic heterocycles. The molecule has 4 aromatic rings. The smallest absolute Gasteiger partial charge is 0.131 e. The van der Waals surface area contributed by atoms with Crippen molar-refractivity contribution >= 4 is 0 Å². The van der Waals surface area contributed by atoms with Gasteiger partial charge in [0.1, 0.15) is 11.2 Å². The standard InChI is InChI=1S/C24H23N5/c1-3-10-19(11-4-1)24(23-15-9-17-26-23,20-12-5-2-6-13-20)29-18-22(27-28-29)21-14-7-8-16-25-21/h1-8,10-14,16,18,23,26H,9,15,17H2/t23-/m0/s1. The van der Waals surface area contributed by atoms with Crippen LogP contribution in [0, 0.1) is 0 Å². The zero-order valence-corrected chi connectivity index (χ0v) is 16.1. The van der Waals surface area contributed by atoms with E-state index in [9.17, 15) is 0 Å². The van der Waals surface area contributed by atoms with Crippen molar-refractivity contribution in [2.75, 3.05) is 6.54 Å². The van der Waals surface area contributed by atoms with Gasteiger partial charge in [-0.05, 0) is 42.6 Å². The van der Waals surface area contributed by atoms with Crippen LogP contribution in [0.15, 0.2) is 91.3 Å².